The summed E-state index contributed by atoms with van der Waals surface area (Å²) in [4.78, 5) is 11.7. The average molecular weight is 259 g/mol. The Balaban J connectivity index is 3.87. The summed E-state index contributed by atoms with van der Waals surface area (Å²) in [6.45, 7) is 10.5. The van der Waals surface area contributed by atoms with Crippen LogP contribution in [0.1, 0.15) is 47.0 Å². The lowest BCUT2D eigenvalue weighted by molar-refractivity contribution is -0.148. The molecule has 4 nitrogen and oxygen atoms in total. The second-order valence-electron chi connectivity index (χ2n) is 5.28. The van der Waals surface area contributed by atoms with Crippen molar-refractivity contribution in [3.05, 3.63) is 0 Å². The van der Waals surface area contributed by atoms with E-state index in [9.17, 15) is 4.79 Å². The molecule has 0 fully saturated rings. The van der Waals surface area contributed by atoms with Crippen LogP contribution < -0.4 is 5.32 Å². The Morgan fingerprint density at radius 3 is 2.50 bits per heavy atom. The molecule has 0 saturated heterocycles. The summed E-state index contributed by atoms with van der Waals surface area (Å²) < 4.78 is 10.4. The van der Waals surface area contributed by atoms with E-state index in [-0.39, 0.29) is 5.97 Å². The summed E-state index contributed by atoms with van der Waals surface area (Å²) in [7, 11) is 1.43. The van der Waals surface area contributed by atoms with Gasteiger partial charge < -0.3 is 14.8 Å². The van der Waals surface area contributed by atoms with Gasteiger partial charge in [-0.15, -0.1) is 0 Å². The van der Waals surface area contributed by atoms with Crippen LogP contribution in [0.15, 0.2) is 0 Å². The molecule has 4 heteroatoms. The number of carbonyl (C=O) groups excluding carboxylic acids is 1. The Labute approximate surface area is 111 Å². The number of carbonyl (C=O) groups is 1. The second-order valence-corrected chi connectivity index (χ2v) is 5.28. The molecule has 0 aliphatic carbocycles. The third kappa shape index (κ3) is 6.97. The maximum atomic E-state index is 11.7. The molecule has 0 rings (SSSR count). The quantitative estimate of drug-likeness (QED) is 0.483. The molecule has 0 amide bonds. The fraction of sp³-hybridized carbons (Fsp3) is 0.929. The minimum atomic E-state index is -0.568. The number of rotatable bonds is 10. The summed E-state index contributed by atoms with van der Waals surface area (Å²) in [5.74, 6) is 0.388. The zero-order valence-electron chi connectivity index (χ0n) is 12.5. The zero-order valence-corrected chi connectivity index (χ0v) is 12.5. The highest BCUT2D eigenvalue weighted by atomic mass is 16.5. The fourth-order valence-electron chi connectivity index (χ4n) is 1.88. The Hall–Kier alpha value is -0.610. The molecule has 0 aliphatic heterocycles. The molecule has 1 unspecified atom stereocenters. The smallest absolute Gasteiger partial charge is 0.325 e. The van der Waals surface area contributed by atoms with Crippen LogP contribution in [0.5, 0.6) is 0 Å². The van der Waals surface area contributed by atoms with Gasteiger partial charge in [0.2, 0.25) is 0 Å². The molecule has 1 N–H and O–H groups in total. The lowest BCUT2D eigenvalue weighted by Crippen LogP contribution is -2.50. The van der Waals surface area contributed by atoms with Crippen LogP contribution in [-0.4, -0.2) is 38.4 Å². The molecule has 108 valence electrons. The first-order chi connectivity index (χ1) is 8.46. The van der Waals surface area contributed by atoms with E-state index in [1.165, 1.54) is 7.11 Å². The summed E-state index contributed by atoms with van der Waals surface area (Å²) >= 11 is 0. The Morgan fingerprint density at radius 1 is 1.33 bits per heavy atom. The van der Waals surface area contributed by atoms with E-state index in [2.05, 4.69) is 19.2 Å². The van der Waals surface area contributed by atoms with E-state index in [4.69, 9.17) is 9.47 Å². The highest BCUT2D eigenvalue weighted by Gasteiger charge is 2.32. The van der Waals surface area contributed by atoms with Crippen molar-refractivity contribution >= 4 is 5.97 Å². The zero-order chi connectivity index (χ0) is 14.0. The van der Waals surface area contributed by atoms with Gasteiger partial charge in [0.25, 0.3) is 0 Å². The van der Waals surface area contributed by atoms with Gasteiger partial charge in [-0.3, -0.25) is 4.79 Å². The number of likely N-dealkylation sites (N-methyl/N-ethyl adjacent to an activating group) is 1. The predicted molar refractivity (Wildman–Crippen MR) is 73.6 cm³/mol. The van der Waals surface area contributed by atoms with Gasteiger partial charge in [0.05, 0.1) is 7.11 Å². The van der Waals surface area contributed by atoms with Gasteiger partial charge in [0.15, 0.2) is 0 Å². The maximum Gasteiger partial charge on any atom is 0.325 e. The molecule has 0 aliphatic rings. The minimum Gasteiger partial charge on any atom is -0.468 e. The van der Waals surface area contributed by atoms with E-state index in [1.807, 2.05) is 13.8 Å². The van der Waals surface area contributed by atoms with Crippen molar-refractivity contribution in [3.8, 4) is 0 Å². The Bertz CT molecular complexity index is 231. The molecule has 0 bridgehead atoms. The normalized spacial score (nSPS) is 14.6. The monoisotopic (exact) mass is 259 g/mol. The lowest BCUT2D eigenvalue weighted by Gasteiger charge is -2.27. The van der Waals surface area contributed by atoms with Crippen LogP contribution in [0.25, 0.3) is 0 Å². The van der Waals surface area contributed by atoms with Crippen LogP contribution >= 0.6 is 0 Å². The number of unbranched alkanes of at least 4 members (excludes halogenated alkanes) is 1. The van der Waals surface area contributed by atoms with Gasteiger partial charge in [0.1, 0.15) is 5.54 Å². The number of nitrogens with one attached hydrogen (secondary N) is 1. The van der Waals surface area contributed by atoms with Crippen molar-refractivity contribution in [2.75, 3.05) is 26.9 Å². The van der Waals surface area contributed by atoms with Crippen molar-refractivity contribution in [3.63, 3.8) is 0 Å². The molecule has 0 heterocycles. The SMILES string of the molecule is CCNC(C)(CCCCOCC(C)C)C(=O)OC. The van der Waals surface area contributed by atoms with Crippen molar-refractivity contribution in [1.82, 2.24) is 5.32 Å². The van der Waals surface area contributed by atoms with Crippen LogP contribution in [-0.2, 0) is 14.3 Å². The van der Waals surface area contributed by atoms with Crippen LogP contribution in [0.2, 0.25) is 0 Å². The largest absolute Gasteiger partial charge is 0.468 e. The van der Waals surface area contributed by atoms with E-state index in [0.29, 0.717) is 5.92 Å². The molecule has 1 atom stereocenters. The number of esters is 1. The van der Waals surface area contributed by atoms with Crippen molar-refractivity contribution in [2.45, 2.75) is 52.5 Å². The predicted octanol–water partition coefficient (Wildman–Crippen LogP) is 2.37. The van der Waals surface area contributed by atoms with Crippen molar-refractivity contribution in [2.24, 2.45) is 5.92 Å². The molecular formula is C14H29NO3. The van der Waals surface area contributed by atoms with Crippen LogP contribution in [0, 0.1) is 5.92 Å². The molecular weight excluding hydrogens is 230 g/mol. The van der Waals surface area contributed by atoms with Gasteiger partial charge in [0, 0.05) is 13.2 Å². The topological polar surface area (TPSA) is 47.6 Å². The maximum absolute atomic E-state index is 11.7. The Morgan fingerprint density at radius 2 is 2.00 bits per heavy atom. The number of methoxy groups -OCH3 is 1. The number of hydrogen-bond acceptors (Lipinski definition) is 4. The molecule has 0 aromatic rings. The van der Waals surface area contributed by atoms with E-state index in [1.54, 1.807) is 0 Å². The summed E-state index contributed by atoms with van der Waals surface area (Å²) in [6.07, 6.45) is 2.71. The van der Waals surface area contributed by atoms with Gasteiger partial charge in [-0.05, 0) is 38.6 Å². The third-order valence-electron chi connectivity index (χ3n) is 2.87. The van der Waals surface area contributed by atoms with Gasteiger partial charge in [-0.2, -0.15) is 0 Å². The number of ether oxygens (including phenoxy) is 2. The van der Waals surface area contributed by atoms with Crippen molar-refractivity contribution < 1.29 is 14.3 Å². The molecule has 0 radical (unpaired) electrons. The first kappa shape index (κ1) is 17.4. The molecule has 0 saturated carbocycles. The van der Waals surface area contributed by atoms with Crippen LogP contribution in [0.4, 0.5) is 0 Å². The first-order valence-electron chi connectivity index (χ1n) is 6.87. The summed E-state index contributed by atoms with van der Waals surface area (Å²) in [6, 6.07) is 0. The highest BCUT2D eigenvalue weighted by Crippen LogP contribution is 2.15. The first-order valence-corrected chi connectivity index (χ1v) is 6.87. The second kappa shape index (κ2) is 9.34. The standard InChI is InChI=1S/C14H29NO3/c1-6-15-14(4,13(16)17-5)9-7-8-10-18-11-12(2)3/h12,15H,6-11H2,1-5H3. The average Bonchev–Trinajstić information content (AvgIpc) is 2.32. The van der Waals surface area contributed by atoms with Gasteiger partial charge >= 0.3 is 5.97 Å². The minimum absolute atomic E-state index is 0.188. The number of hydrogen-bond donors (Lipinski definition) is 1. The highest BCUT2D eigenvalue weighted by molar-refractivity contribution is 5.80. The van der Waals surface area contributed by atoms with E-state index < -0.39 is 5.54 Å². The molecule has 0 aromatic heterocycles. The Kier molecular flexibility index (Phi) is 9.02. The van der Waals surface area contributed by atoms with Gasteiger partial charge in [-0.1, -0.05) is 20.8 Å². The van der Waals surface area contributed by atoms with E-state index >= 15 is 0 Å². The molecule has 18 heavy (non-hydrogen) atoms. The summed E-state index contributed by atoms with van der Waals surface area (Å²) in [5.41, 5.74) is -0.568. The third-order valence-corrected chi connectivity index (χ3v) is 2.87. The summed E-state index contributed by atoms with van der Waals surface area (Å²) in [5, 5.41) is 3.20. The van der Waals surface area contributed by atoms with E-state index in [0.717, 1.165) is 39.0 Å². The molecule has 0 spiro atoms. The lowest BCUT2D eigenvalue weighted by atomic mass is 9.95. The molecule has 0 aromatic carbocycles. The van der Waals surface area contributed by atoms with Gasteiger partial charge in [-0.25, -0.2) is 0 Å². The van der Waals surface area contributed by atoms with Crippen LogP contribution in [0.3, 0.4) is 0 Å². The van der Waals surface area contributed by atoms with Crippen molar-refractivity contribution in [1.29, 1.82) is 0 Å². The fourth-order valence-corrected chi connectivity index (χ4v) is 1.88.